The molecular formula is C14H21ClN2O3. The molecule has 0 aliphatic heterocycles. The zero-order valence-corrected chi connectivity index (χ0v) is 13.2. The van der Waals surface area contributed by atoms with Gasteiger partial charge in [-0.25, -0.2) is 9.78 Å². The molecule has 0 fully saturated rings. The number of halogens is 1. The van der Waals surface area contributed by atoms with Crippen molar-refractivity contribution in [1.29, 1.82) is 0 Å². The van der Waals surface area contributed by atoms with E-state index in [1.54, 1.807) is 12.3 Å². The number of carbonyl (C=O) groups excluding carboxylic acids is 1. The third-order valence-corrected chi connectivity index (χ3v) is 2.48. The van der Waals surface area contributed by atoms with Crippen molar-refractivity contribution in [2.75, 3.05) is 6.61 Å². The average Bonchev–Trinajstić information content (AvgIpc) is 2.27. The van der Waals surface area contributed by atoms with E-state index in [4.69, 9.17) is 21.1 Å². The minimum Gasteiger partial charge on any atom is -0.491 e. The minimum atomic E-state index is -0.514. The fourth-order valence-corrected chi connectivity index (χ4v) is 1.55. The summed E-state index contributed by atoms with van der Waals surface area (Å²) in [6, 6.07) is 1.47. The number of nitrogens with zero attached hydrogens (tertiary/aromatic N) is 1. The molecule has 0 aliphatic carbocycles. The van der Waals surface area contributed by atoms with E-state index in [1.807, 2.05) is 34.6 Å². The van der Waals surface area contributed by atoms with E-state index in [0.717, 1.165) is 5.56 Å². The van der Waals surface area contributed by atoms with Crippen molar-refractivity contribution in [3.63, 3.8) is 0 Å². The first-order valence-corrected chi connectivity index (χ1v) is 6.79. The number of aryl methyl sites for hydroxylation is 1. The number of carbonyl (C=O) groups is 1. The monoisotopic (exact) mass is 300 g/mol. The molecule has 0 aliphatic rings. The summed E-state index contributed by atoms with van der Waals surface area (Å²) in [5, 5.41) is 3.08. The van der Waals surface area contributed by atoms with Crippen LogP contribution in [0.2, 0.25) is 5.15 Å². The molecule has 112 valence electrons. The maximum atomic E-state index is 11.6. The Labute approximate surface area is 124 Å². The Bertz CT molecular complexity index is 472. The lowest BCUT2D eigenvalue weighted by Crippen LogP contribution is -2.40. The second-order valence-electron chi connectivity index (χ2n) is 5.63. The van der Waals surface area contributed by atoms with Gasteiger partial charge in [0, 0.05) is 17.8 Å². The van der Waals surface area contributed by atoms with Crippen molar-refractivity contribution < 1.29 is 14.3 Å². The highest BCUT2D eigenvalue weighted by atomic mass is 35.5. The summed E-state index contributed by atoms with van der Waals surface area (Å²) in [5.74, 6) is 0.655. The van der Waals surface area contributed by atoms with E-state index in [2.05, 4.69) is 10.3 Å². The molecule has 5 nitrogen and oxygen atoms in total. The number of hydrogen-bond acceptors (Lipinski definition) is 4. The second kappa shape index (κ2) is 6.79. The Balaban J connectivity index is 2.45. The molecule has 1 aromatic rings. The van der Waals surface area contributed by atoms with Crippen LogP contribution in [0, 0.1) is 6.92 Å². The lowest BCUT2D eigenvalue weighted by atomic mass is 10.2. The van der Waals surface area contributed by atoms with Crippen molar-refractivity contribution in [3.8, 4) is 5.75 Å². The number of nitrogens with one attached hydrogen (secondary N) is 1. The highest BCUT2D eigenvalue weighted by Crippen LogP contribution is 2.20. The van der Waals surface area contributed by atoms with Gasteiger partial charge in [-0.1, -0.05) is 11.6 Å². The molecule has 0 spiro atoms. The molecule has 20 heavy (non-hydrogen) atoms. The van der Waals surface area contributed by atoms with Gasteiger partial charge in [-0.05, 0) is 34.6 Å². The summed E-state index contributed by atoms with van der Waals surface area (Å²) in [4.78, 5) is 15.5. The van der Waals surface area contributed by atoms with Gasteiger partial charge in [0.05, 0.1) is 6.04 Å². The van der Waals surface area contributed by atoms with Crippen molar-refractivity contribution in [3.05, 3.63) is 23.0 Å². The van der Waals surface area contributed by atoms with Gasteiger partial charge in [0.25, 0.3) is 0 Å². The normalized spacial score (nSPS) is 12.7. The number of pyridine rings is 1. The summed E-state index contributed by atoms with van der Waals surface area (Å²) < 4.78 is 10.8. The molecule has 0 saturated heterocycles. The molecule has 0 bridgehead atoms. The molecule has 0 saturated carbocycles. The average molecular weight is 301 g/mol. The Morgan fingerprint density at radius 3 is 2.75 bits per heavy atom. The zero-order valence-electron chi connectivity index (χ0n) is 12.5. The molecule has 1 heterocycles. The summed E-state index contributed by atoms with van der Waals surface area (Å²) in [6.07, 6.45) is 1.18. The number of rotatable bonds is 4. The van der Waals surface area contributed by atoms with Gasteiger partial charge in [0.2, 0.25) is 0 Å². The van der Waals surface area contributed by atoms with Crippen LogP contribution in [0.15, 0.2) is 12.3 Å². The molecule has 1 unspecified atom stereocenters. The molecule has 0 aromatic carbocycles. The molecule has 6 heteroatoms. The van der Waals surface area contributed by atoms with Gasteiger partial charge in [-0.15, -0.1) is 0 Å². The molecule has 0 radical (unpaired) electrons. The van der Waals surface area contributed by atoms with E-state index in [0.29, 0.717) is 17.5 Å². The predicted octanol–water partition coefficient (Wildman–Crippen LogP) is 3.34. The number of ether oxygens (including phenoxy) is 2. The summed E-state index contributed by atoms with van der Waals surface area (Å²) in [5.41, 5.74) is 0.374. The Morgan fingerprint density at radius 1 is 1.50 bits per heavy atom. The highest BCUT2D eigenvalue weighted by molar-refractivity contribution is 6.29. The molecular weight excluding hydrogens is 280 g/mol. The number of alkyl carbamates (subject to hydrolysis) is 1. The van der Waals surface area contributed by atoms with Crippen LogP contribution < -0.4 is 10.1 Å². The van der Waals surface area contributed by atoms with E-state index < -0.39 is 11.7 Å². The van der Waals surface area contributed by atoms with Crippen molar-refractivity contribution in [2.45, 2.75) is 46.3 Å². The van der Waals surface area contributed by atoms with Crippen molar-refractivity contribution in [1.82, 2.24) is 10.3 Å². The predicted molar refractivity (Wildman–Crippen MR) is 78.3 cm³/mol. The third-order valence-electron chi connectivity index (χ3n) is 2.27. The second-order valence-corrected chi connectivity index (χ2v) is 6.02. The fraction of sp³-hybridized carbons (Fsp3) is 0.571. The van der Waals surface area contributed by atoms with Crippen LogP contribution in [-0.2, 0) is 4.74 Å². The van der Waals surface area contributed by atoms with Crippen molar-refractivity contribution in [2.24, 2.45) is 0 Å². The van der Waals surface area contributed by atoms with Crippen molar-refractivity contribution >= 4 is 17.7 Å². The van der Waals surface area contributed by atoms with Crippen LogP contribution >= 0.6 is 11.6 Å². The molecule has 1 rings (SSSR count). The van der Waals surface area contributed by atoms with Gasteiger partial charge < -0.3 is 14.8 Å². The van der Waals surface area contributed by atoms with Crippen LogP contribution in [0.4, 0.5) is 4.79 Å². The number of hydrogen-bond donors (Lipinski definition) is 1. The summed E-state index contributed by atoms with van der Waals surface area (Å²) >= 11 is 5.81. The van der Waals surface area contributed by atoms with Crippen LogP contribution in [0.5, 0.6) is 5.75 Å². The largest absolute Gasteiger partial charge is 0.491 e. The first kappa shape index (κ1) is 16.6. The van der Waals surface area contributed by atoms with E-state index in [9.17, 15) is 4.79 Å². The maximum Gasteiger partial charge on any atom is 0.407 e. The van der Waals surface area contributed by atoms with Crippen LogP contribution in [0.1, 0.15) is 33.3 Å². The highest BCUT2D eigenvalue weighted by Gasteiger charge is 2.18. The molecule has 1 amide bonds. The standard InChI is InChI=1S/C14H21ClN2O3/c1-9-7-16-12(15)6-11(9)19-8-10(2)17-13(18)20-14(3,4)5/h6-7,10H,8H2,1-5H3,(H,17,18). The van der Waals surface area contributed by atoms with Crippen LogP contribution in [-0.4, -0.2) is 29.3 Å². The van der Waals surface area contributed by atoms with Gasteiger partial charge in [0.1, 0.15) is 23.1 Å². The number of amides is 1. The third kappa shape index (κ3) is 6.10. The Hall–Kier alpha value is -1.49. The number of aromatic nitrogens is 1. The summed E-state index contributed by atoms with van der Waals surface area (Å²) in [7, 11) is 0. The Morgan fingerprint density at radius 2 is 2.15 bits per heavy atom. The summed E-state index contributed by atoms with van der Waals surface area (Å²) in [6.45, 7) is 9.48. The SMILES string of the molecule is Cc1cnc(Cl)cc1OCC(C)NC(=O)OC(C)(C)C. The molecule has 1 atom stereocenters. The zero-order chi connectivity index (χ0) is 15.3. The maximum absolute atomic E-state index is 11.6. The van der Waals surface area contributed by atoms with Gasteiger partial charge >= 0.3 is 6.09 Å². The topological polar surface area (TPSA) is 60.5 Å². The lowest BCUT2D eigenvalue weighted by Gasteiger charge is -2.22. The first-order valence-electron chi connectivity index (χ1n) is 6.42. The van der Waals surface area contributed by atoms with E-state index in [1.165, 1.54) is 0 Å². The quantitative estimate of drug-likeness (QED) is 0.866. The van der Waals surface area contributed by atoms with Gasteiger partial charge in [0.15, 0.2) is 0 Å². The minimum absolute atomic E-state index is 0.184. The lowest BCUT2D eigenvalue weighted by molar-refractivity contribution is 0.0494. The molecule has 1 aromatic heterocycles. The smallest absolute Gasteiger partial charge is 0.407 e. The van der Waals surface area contributed by atoms with E-state index in [-0.39, 0.29) is 6.04 Å². The van der Waals surface area contributed by atoms with E-state index >= 15 is 0 Å². The molecule has 1 N–H and O–H groups in total. The Kier molecular flexibility index (Phi) is 5.62. The fourth-order valence-electron chi connectivity index (χ4n) is 1.40. The van der Waals surface area contributed by atoms with Crippen LogP contribution in [0.25, 0.3) is 0 Å². The van der Waals surface area contributed by atoms with Gasteiger partial charge in [-0.3, -0.25) is 0 Å². The van der Waals surface area contributed by atoms with Gasteiger partial charge in [-0.2, -0.15) is 0 Å². The first-order chi connectivity index (χ1) is 9.17. The van der Waals surface area contributed by atoms with Crippen LogP contribution in [0.3, 0.4) is 0 Å².